The van der Waals surface area contributed by atoms with Crippen LogP contribution in [0.4, 0.5) is 10.5 Å². The zero-order chi connectivity index (χ0) is 14.4. The van der Waals surface area contributed by atoms with Gasteiger partial charge in [-0.25, -0.2) is 4.79 Å². The molecule has 1 rings (SSSR count). The highest BCUT2D eigenvalue weighted by Crippen LogP contribution is 2.19. The fourth-order valence-electron chi connectivity index (χ4n) is 1.74. The van der Waals surface area contributed by atoms with Crippen molar-refractivity contribution < 1.29 is 14.7 Å². The molecular weight excluding hydrogens is 244 g/mol. The van der Waals surface area contributed by atoms with Gasteiger partial charge in [-0.05, 0) is 25.0 Å². The predicted molar refractivity (Wildman–Crippen MR) is 74.3 cm³/mol. The van der Waals surface area contributed by atoms with Gasteiger partial charge in [0, 0.05) is 12.2 Å². The van der Waals surface area contributed by atoms with Crippen LogP contribution in [-0.2, 0) is 4.79 Å². The normalized spacial score (nSPS) is 9.79. The molecule has 2 N–H and O–H groups in total. The molecule has 0 heterocycles. The molecule has 0 fully saturated rings. The van der Waals surface area contributed by atoms with Crippen molar-refractivity contribution in [1.29, 1.82) is 0 Å². The Labute approximate surface area is 112 Å². The number of nitrogens with zero attached hydrogens (tertiary/aromatic N) is 1. The summed E-state index contributed by atoms with van der Waals surface area (Å²) in [5.41, 5.74) is 2.58. The molecule has 0 aliphatic rings. The van der Waals surface area contributed by atoms with Crippen molar-refractivity contribution in [2.75, 3.05) is 18.4 Å². The van der Waals surface area contributed by atoms with Crippen molar-refractivity contribution in [3.63, 3.8) is 0 Å². The van der Waals surface area contributed by atoms with Crippen LogP contribution in [0.25, 0.3) is 0 Å². The van der Waals surface area contributed by atoms with E-state index in [4.69, 9.17) is 5.11 Å². The Hall–Kier alpha value is -2.30. The summed E-state index contributed by atoms with van der Waals surface area (Å²) in [5.74, 6) is -1.06. The Morgan fingerprint density at radius 2 is 1.95 bits per heavy atom. The maximum absolute atomic E-state index is 12.0. The zero-order valence-corrected chi connectivity index (χ0v) is 11.1. The van der Waals surface area contributed by atoms with Gasteiger partial charge in [0.1, 0.15) is 6.54 Å². The number of carboxylic acids is 1. The number of carboxylic acid groups (broad SMARTS) is 1. The molecule has 0 saturated carbocycles. The van der Waals surface area contributed by atoms with Crippen LogP contribution < -0.4 is 5.32 Å². The Morgan fingerprint density at radius 3 is 2.42 bits per heavy atom. The molecule has 0 aromatic heterocycles. The van der Waals surface area contributed by atoms with Gasteiger partial charge < -0.3 is 15.3 Å². The molecule has 5 heteroatoms. The van der Waals surface area contributed by atoms with Crippen molar-refractivity contribution in [2.45, 2.75) is 13.8 Å². The SMILES string of the molecule is C=CCN(CC(=O)O)C(=O)Nc1c(C)cccc1C. The van der Waals surface area contributed by atoms with Gasteiger partial charge in [0.15, 0.2) is 0 Å². The maximum Gasteiger partial charge on any atom is 0.323 e. The van der Waals surface area contributed by atoms with Crippen molar-refractivity contribution in [2.24, 2.45) is 0 Å². The number of aryl methyl sites for hydroxylation is 2. The largest absolute Gasteiger partial charge is 0.480 e. The first-order valence-electron chi connectivity index (χ1n) is 5.90. The highest BCUT2D eigenvalue weighted by Gasteiger charge is 2.16. The number of carbonyl (C=O) groups excluding carboxylic acids is 1. The van der Waals surface area contributed by atoms with Crippen molar-refractivity contribution >= 4 is 17.7 Å². The molecular formula is C14H18N2O3. The van der Waals surface area contributed by atoms with E-state index >= 15 is 0 Å². The summed E-state index contributed by atoms with van der Waals surface area (Å²) in [4.78, 5) is 23.9. The Bertz CT molecular complexity index is 477. The summed E-state index contributed by atoms with van der Waals surface area (Å²) in [5, 5.41) is 11.5. The minimum Gasteiger partial charge on any atom is -0.480 e. The second-order valence-corrected chi connectivity index (χ2v) is 4.26. The lowest BCUT2D eigenvalue weighted by molar-refractivity contribution is -0.137. The van der Waals surface area contributed by atoms with Gasteiger partial charge in [-0.15, -0.1) is 6.58 Å². The van der Waals surface area contributed by atoms with Crippen LogP contribution in [0.1, 0.15) is 11.1 Å². The van der Waals surface area contributed by atoms with Gasteiger partial charge in [0.2, 0.25) is 0 Å². The van der Waals surface area contributed by atoms with Gasteiger partial charge in [-0.2, -0.15) is 0 Å². The molecule has 0 atom stereocenters. The average molecular weight is 262 g/mol. The van der Waals surface area contributed by atoms with E-state index in [1.54, 1.807) is 0 Å². The van der Waals surface area contributed by atoms with E-state index in [0.29, 0.717) is 5.69 Å². The number of aliphatic carboxylic acids is 1. The van der Waals surface area contributed by atoms with Crippen LogP contribution in [0.5, 0.6) is 0 Å². The van der Waals surface area contributed by atoms with Gasteiger partial charge >= 0.3 is 12.0 Å². The minimum absolute atomic E-state index is 0.184. The Balaban J connectivity index is 2.86. The first kappa shape index (κ1) is 14.8. The molecule has 5 nitrogen and oxygen atoms in total. The molecule has 0 aliphatic heterocycles. The number of urea groups is 1. The molecule has 0 radical (unpaired) electrons. The molecule has 0 spiro atoms. The van der Waals surface area contributed by atoms with Crippen molar-refractivity contribution in [3.05, 3.63) is 42.0 Å². The van der Waals surface area contributed by atoms with Crippen molar-refractivity contribution in [3.8, 4) is 0 Å². The number of hydrogen-bond acceptors (Lipinski definition) is 2. The Kier molecular flexibility index (Phi) is 5.11. The summed E-state index contributed by atoms with van der Waals surface area (Å²) in [6.07, 6.45) is 1.49. The predicted octanol–water partition coefficient (Wildman–Crippen LogP) is 2.41. The molecule has 1 aromatic rings. The third-order valence-electron chi connectivity index (χ3n) is 2.68. The number of benzene rings is 1. The quantitative estimate of drug-likeness (QED) is 0.800. The van der Waals surface area contributed by atoms with E-state index in [2.05, 4.69) is 11.9 Å². The van der Waals surface area contributed by atoms with Crippen LogP contribution >= 0.6 is 0 Å². The summed E-state index contributed by atoms with van der Waals surface area (Å²) in [7, 11) is 0. The molecule has 1 aromatic carbocycles. The fraction of sp³-hybridized carbons (Fsp3) is 0.286. The summed E-state index contributed by atoms with van der Waals surface area (Å²) >= 11 is 0. The number of rotatable bonds is 5. The van der Waals surface area contributed by atoms with Gasteiger partial charge in [0.05, 0.1) is 0 Å². The average Bonchev–Trinajstić information content (AvgIpc) is 2.32. The first-order chi connectivity index (χ1) is 8.95. The Morgan fingerprint density at radius 1 is 1.37 bits per heavy atom. The summed E-state index contributed by atoms with van der Waals surface area (Å²) < 4.78 is 0. The molecule has 102 valence electrons. The number of amides is 2. The molecule has 19 heavy (non-hydrogen) atoms. The highest BCUT2D eigenvalue weighted by molar-refractivity contribution is 5.92. The van der Waals surface area contributed by atoms with Crippen LogP contribution in [0, 0.1) is 13.8 Å². The number of anilines is 1. The van der Waals surface area contributed by atoms with Crippen LogP contribution in [0.15, 0.2) is 30.9 Å². The topological polar surface area (TPSA) is 69.6 Å². The first-order valence-corrected chi connectivity index (χ1v) is 5.90. The second kappa shape index (κ2) is 6.58. The van der Waals surface area contributed by atoms with Crippen LogP contribution in [-0.4, -0.2) is 35.1 Å². The van der Waals surface area contributed by atoms with Crippen LogP contribution in [0.3, 0.4) is 0 Å². The third kappa shape index (κ3) is 4.13. The van der Waals surface area contributed by atoms with Gasteiger partial charge in [0.25, 0.3) is 0 Å². The fourth-order valence-corrected chi connectivity index (χ4v) is 1.74. The summed E-state index contributed by atoms with van der Waals surface area (Å²) in [6, 6.07) is 5.23. The monoisotopic (exact) mass is 262 g/mol. The lowest BCUT2D eigenvalue weighted by Gasteiger charge is -2.21. The smallest absolute Gasteiger partial charge is 0.323 e. The molecule has 2 amide bonds. The van der Waals surface area contributed by atoms with E-state index in [9.17, 15) is 9.59 Å². The van der Waals surface area contributed by atoms with Crippen molar-refractivity contribution in [1.82, 2.24) is 4.90 Å². The number of nitrogens with one attached hydrogen (secondary N) is 1. The van der Waals surface area contributed by atoms with Gasteiger partial charge in [-0.1, -0.05) is 24.3 Å². The van der Waals surface area contributed by atoms with E-state index in [1.807, 2.05) is 32.0 Å². The number of hydrogen-bond donors (Lipinski definition) is 2. The van der Waals surface area contributed by atoms with E-state index in [1.165, 1.54) is 11.0 Å². The van der Waals surface area contributed by atoms with Crippen LogP contribution in [0.2, 0.25) is 0 Å². The summed E-state index contributed by atoms with van der Waals surface area (Å²) in [6.45, 7) is 7.12. The van der Waals surface area contributed by atoms with Gasteiger partial charge in [-0.3, -0.25) is 4.79 Å². The van der Waals surface area contributed by atoms with E-state index in [-0.39, 0.29) is 13.1 Å². The molecule has 0 saturated heterocycles. The third-order valence-corrected chi connectivity index (χ3v) is 2.68. The molecule has 0 bridgehead atoms. The maximum atomic E-state index is 12.0. The minimum atomic E-state index is -1.06. The highest BCUT2D eigenvalue weighted by atomic mass is 16.4. The number of para-hydroxylation sites is 1. The molecule has 0 aliphatic carbocycles. The lowest BCUT2D eigenvalue weighted by atomic mass is 10.1. The standard InChI is InChI=1S/C14H18N2O3/c1-4-8-16(9-12(17)18)14(19)15-13-10(2)6-5-7-11(13)3/h4-7H,1,8-9H2,2-3H3,(H,15,19)(H,17,18). The van der Waals surface area contributed by atoms with E-state index < -0.39 is 12.0 Å². The second-order valence-electron chi connectivity index (χ2n) is 4.26. The van der Waals surface area contributed by atoms with E-state index in [0.717, 1.165) is 11.1 Å². The zero-order valence-electron chi connectivity index (χ0n) is 11.1. The lowest BCUT2D eigenvalue weighted by Crippen LogP contribution is -2.39. The molecule has 0 unspecified atom stereocenters. The number of carbonyl (C=O) groups is 2.